The summed E-state index contributed by atoms with van der Waals surface area (Å²) in [6.45, 7) is 5.06. The average Bonchev–Trinajstić information content (AvgIpc) is 3.27. The molecule has 0 spiro atoms. The zero-order valence-corrected chi connectivity index (χ0v) is 16.1. The number of hydrogen-bond donors (Lipinski definition) is 0. The number of carbonyl (C=O) groups excluding carboxylic acids is 1. The van der Waals surface area contributed by atoms with Crippen LogP contribution in [0.4, 0.5) is 0 Å². The van der Waals surface area contributed by atoms with E-state index in [1.807, 2.05) is 33.0 Å². The third-order valence-corrected chi connectivity index (χ3v) is 6.06. The van der Waals surface area contributed by atoms with E-state index in [2.05, 4.69) is 24.9 Å². The maximum Gasteiger partial charge on any atom is 0.272 e. The van der Waals surface area contributed by atoms with Gasteiger partial charge < -0.3 is 4.90 Å². The summed E-state index contributed by atoms with van der Waals surface area (Å²) in [5.41, 5.74) is 3.22. The van der Waals surface area contributed by atoms with Crippen LogP contribution in [-0.4, -0.2) is 38.0 Å². The molecule has 4 heterocycles. The van der Waals surface area contributed by atoms with Crippen molar-refractivity contribution in [1.82, 2.24) is 19.5 Å². The number of amides is 1. The number of likely N-dealkylation sites (tertiary alicyclic amines) is 1. The normalized spacial score (nSPS) is 18.2. The summed E-state index contributed by atoms with van der Waals surface area (Å²) < 4.78 is 1.87. The van der Waals surface area contributed by atoms with E-state index in [-0.39, 0.29) is 11.9 Å². The van der Waals surface area contributed by atoms with Gasteiger partial charge in [0.1, 0.15) is 11.4 Å². The lowest BCUT2D eigenvalue weighted by atomic mass is 10.1. The first-order valence-electron chi connectivity index (χ1n) is 9.42. The fraction of sp³-hybridized carbons (Fsp3) is 0.450. The number of carbonyl (C=O) groups is 1. The molecule has 0 aliphatic carbocycles. The number of rotatable bonds is 3. The van der Waals surface area contributed by atoms with Gasteiger partial charge in [0.2, 0.25) is 0 Å². The van der Waals surface area contributed by atoms with Crippen molar-refractivity contribution in [3.63, 3.8) is 0 Å². The van der Waals surface area contributed by atoms with Crippen LogP contribution in [0, 0.1) is 0 Å². The summed E-state index contributed by atoms with van der Waals surface area (Å²) in [6, 6.07) is 8.25. The van der Waals surface area contributed by atoms with Gasteiger partial charge in [-0.1, -0.05) is 25.8 Å². The van der Waals surface area contributed by atoms with Crippen LogP contribution in [0.5, 0.6) is 0 Å². The van der Waals surface area contributed by atoms with Gasteiger partial charge >= 0.3 is 0 Å². The Morgan fingerprint density at radius 3 is 2.96 bits per heavy atom. The third kappa shape index (κ3) is 3.14. The molecule has 0 aromatic carbocycles. The van der Waals surface area contributed by atoms with Gasteiger partial charge in [-0.25, -0.2) is 9.50 Å². The fourth-order valence-electron chi connectivity index (χ4n) is 3.67. The van der Waals surface area contributed by atoms with Crippen molar-refractivity contribution in [2.75, 3.05) is 6.54 Å². The van der Waals surface area contributed by atoms with Gasteiger partial charge in [-0.3, -0.25) is 4.79 Å². The molecule has 136 valence electrons. The molecule has 26 heavy (non-hydrogen) atoms. The van der Waals surface area contributed by atoms with E-state index in [1.165, 1.54) is 12.8 Å². The second-order valence-corrected chi connectivity index (χ2v) is 7.91. The molecule has 0 radical (unpaired) electrons. The number of fused-ring (bicyclic) bond motifs is 1. The minimum Gasteiger partial charge on any atom is -0.335 e. The molecule has 1 saturated heterocycles. The van der Waals surface area contributed by atoms with Crippen LogP contribution < -0.4 is 0 Å². The smallest absolute Gasteiger partial charge is 0.272 e. The highest BCUT2D eigenvalue weighted by atomic mass is 32.1. The summed E-state index contributed by atoms with van der Waals surface area (Å²) in [7, 11) is 0. The van der Waals surface area contributed by atoms with Crippen LogP contribution in [-0.2, 0) is 6.42 Å². The van der Waals surface area contributed by atoms with Gasteiger partial charge in [-0.15, -0.1) is 11.3 Å². The molecule has 4 rings (SSSR count). The van der Waals surface area contributed by atoms with Crippen molar-refractivity contribution in [3.8, 4) is 10.6 Å². The molecule has 0 bridgehead atoms. The number of aromatic nitrogens is 3. The fourth-order valence-corrected chi connectivity index (χ4v) is 4.35. The van der Waals surface area contributed by atoms with Crippen molar-refractivity contribution in [3.05, 3.63) is 41.0 Å². The van der Waals surface area contributed by atoms with E-state index in [1.54, 1.807) is 11.3 Å². The van der Waals surface area contributed by atoms with E-state index in [4.69, 9.17) is 5.10 Å². The lowest BCUT2D eigenvalue weighted by Crippen LogP contribution is -2.38. The molecule has 6 heteroatoms. The molecule has 3 aromatic rings. The summed E-state index contributed by atoms with van der Waals surface area (Å²) in [4.78, 5) is 20.9. The molecule has 1 amide bonds. The Morgan fingerprint density at radius 1 is 1.31 bits per heavy atom. The second kappa shape index (κ2) is 7.19. The Morgan fingerprint density at radius 2 is 2.19 bits per heavy atom. The Kier molecular flexibility index (Phi) is 4.76. The van der Waals surface area contributed by atoms with Crippen molar-refractivity contribution < 1.29 is 4.79 Å². The van der Waals surface area contributed by atoms with Gasteiger partial charge in [-0.2, -0.15) is 5.10 Å². The van der Waals surface area contributed by atoms with Crippen molar-refractivity contribution in [1.29, 1.82) is 0 Å². The van der Waals surface area contributed by atoms with E-state index in [9.17, 15) is 4.79 Å². The molecule has 0 N–H and O–H groups in total. The molecule has 1 aliphatic rings. The molecule has 3 aromatic heterocycles. The molecule has 1 unspecified atom stereocenters. The first-order valence-corrected chi connectivity index (χ1v) is 10.3. The third-order valence-electron chi connectivity index (χ3n) is 5.17. The van der Waals surface area contributed by atoms with Gasteiger partial charge in [0.15, 0.2) is 5.65 Å². The Bertz CT molecular complexity index is 915. The van der Waals surface area contributed by atoms with Crippen molar-refractivity contribution in [2.24, 2.45) is 0 Å². The van der Waals surface area contributed by atoms with E-state index < -0.39 is 0 Å². The summed E-state index contributed by atoms with van der Waals surface area (Å²) in [5, 5.41) is 6.75. The molecule has 1 fully saturated rings. The van der Waals surface area contributed by atoms with E-state index in [0.717, 1.165) is 47.7 Å². The van der Waals surface area contributed by atoms with Crippen LogP contribution in [0.15, 0.2) is 29.6 Å². The summed E-state index contributed by atoms with van der Waals surface area (Å²) in [5.74, 6) is 0.0514. The van der Waals surface area contributed by atoms with Crippen molar-refractivity contribution >= 4 is 22.9 Å². The van der Waals surface area contributed by atoms with E-state index in [0.29, 0.717) is 5.69 Å². The van der Waals surface area contributed by atoms with Crippen LogP contribution in [0.1, 0.15) is 55.7 Å². The lowest BCUT2D eigenvalue weighted by molar-refractivity contribution is 0.0692. The molecule has 5 nitrogen and oxygen atoms in total. The lowest BCUT2D eigenvalue weighted by Gasteiger charge is -2.27. The van der Waals surface area contributed by atoms with Gasteiger partial charge in [0.05, 0.1) is 4.88 Å². The summed E-state index contributed by atoms with van der Waals surface area (Å²) in [6.07, 6.45) is 5.36. The van der Waals surface area contributed by atoms with Crippen LogP contribution in [0.3, 0.4) is 0 Å². The molecule has 0 saturated carbocycles. The second-order valence-electron chi connectivity index (χ2n) is 6.96. The number of thiophene rings is 1. The molecular weight excluding hydrogens is 344 g/mol. The number of hydrogen-bond acceptors (Lipinski definition) is 4. The standard InChI is InChI=1S/C20H24N4OS/c1-3-15-12-17(20(25)23-10-6-4-5-8-14(23)2)21-19-13-16(22-24(15)19)18-9-7-11-26-18/h7,9,11-14H,3-6,8,10H2,1-2H3. The topological polar surface area (TPSA) is 50.5 Å². The Hall–Kier alpha value is -2.21. The van der Waals surface area contributed by atoms with Crippen LogP contribution >= 0.6 is 11.3 Å². The van der Waals surface area contributed by atoms with Gasteiger partial charge in [0.25, 0.3) is 5.91 Å². The highest BCUT2D eigenvalue weighted by Gasteiger charge is 2.25. The van der Waals surface area contributed by atoms with Gasteiger partial charge in [0, 0.05) is 24.3 Å². The zero-order valence-electron chi connectivity index (χ0n) is 15.3. The van der Waals surface area contributed by atoms with Crippen LogP contribution in [0.25, 0.3) is 16.2 Å². The highest BCUT2D eigenvalue weighted by molar-refractivity contribution is 7.13. The predicted octanol–water partition coefficient (Wildman–Crippen LogP) is 4.42. The predicted molar refractivity (Wildman–Crippen MR) is 105 cm³/mol. The summed E-state index contributed by atoms with van der Waals surface area (Å²) >= 11 is 1.66. The monoisotopic (exact) mass is 368 g/mol. The van der Waals surface area contributed by atoms with Crippen molar-refractivity contribution in [2.45, 2.75) is 52.0 Å². The van der Waals surface area contributed by atoms with Gasteiger partial charge in [-0.05, 0) is 43.7 Å². The maximum atomic E-state index is 13.1. The Labute approximate surface area is 157 Å². The Balaban J connectivity index is 1.74. The largest absolute Gasteiger partial charge is 0.335 e. The van der Waals surface area contributed by atoms with Crippen LogP contribution in [0.2, 0.25) is 0 Å². The number of aryl methyl sites for hydroxylation is 1. The average molecular weight is 369 g/mol. The molecule has 1 aliphatic heterocycles. The first-order chi connectivity index (χ1) is 12.7. The van der Waals surface area contributed by atoms with E-state index >= 15 is 0 Å². The quantitative estimate of drug-likeness (QED) is 0.687. The highest BCUT2D eigenvalue weighted by Crippen LogP contribution is 2.25. The minimum atomic E-state index is 0.0514. The first kappa shape index (κ1) is 17.2. The minimum absolute atomic E-state index is 0.0514. The zero-order chi connectivity index (χ0) is 18.1. The molecular formula is C20H24N4OS. The molecule has 1 atom stereocenters. The maximum absolute atomic E-state index is 13.1. The number of nitrogens with zero attached hydrogens (tertiary/aromatic N) is 4. The SMILES string of the molecule is CCc1cc(C(=O)N2CCCCCC2C)nc2cc(-c3cccs3)nn12.